The summed E-state index contributed by atoms with van der Waals surface area (Å²) in [6, 6.07) is 0. The predicted molar refractivity (Wildman–Crippen MR) is 53.8 cm³/mol. The third-order valence-electron chi connectivity index (χ3n) is 2.93. The second kappa shape index (κ2) is 2.98. The van der Waals surface area contributed by atoms with Gasteiger partial charge in [0, 0.05) is 17.4 Å². The van der Waals surface area contributed by atoms with Crippen LogP contribution in [0.25, 0.3) is 0 Å². The van der Waals surface area contributed by atoms with Crippen LogP contribution in [0.5, 0.6) is 0 Å². The molecule has 2 rings (SSSR count). The summed E-state index contributed by atoms with van der Waals surface area (Å²) in [5.41, 5.74) is 2.07. The normalized spacial score (nSPS) is 38.4. The summed E-state index contributed by atoms with van der Waals surface area (Å²) in [6.45, 7) is 3.98. The molecule has 0 aromatic carbocycles. The van der Waals surface area contributed by atoms with Crippen LogP contribution in [0, 0.1) is 11.8 Å². The van der Waals surface area contributed by atoms with E-state index in [-0.39, 0.29) is 17.2 Å². The number of allylic oxidation sites excluding steroid dienone is 4. The number of carbonyl (C=O) groups excluding carboxylic acids is 1. The molecule has 2 aliphatic rings. The molecule has 2 aliphatic carbocycles. The number of Topliss-reactive ketones (excluding diaryl/α,β-unsaturated/α-hetero) is 1. The molecule has 0 saturated heterocycles. The first-order valence-corrected chi connectivity index (χ1v) is 5.11. The first kappa shape index (κ1) is 9.01. The van der Waals surface area contributed by atoms with Gasteiger partial charge in [-0.15, -0.1) is 11.6 Å². The van der Waals surface area contributed by atoms with Crippen molar-refractivity contribution in [1.82, 2.24) is 0 Å². The van der Waals surface area contributed by atoms with Crippen LogP contribution in [0.4, 0.5) is 0 Å². The van der Waals surface area contributed by atoms with Gasteiger partial charge < -0.3 is 0 Å². The van der Waals surface area contributed by atoms with E-state index in [1.54, 1.807) is 0 Å². The Hall–Kier alpha value is -0.560. The largest absolute Gasteiger partial charge is 0.294 e. The van der Waals surface area contributed by atoms with Gasteiger partial charge in [-0.2, -0.15) is 0 Å². The van der Waals surface area contributed by atoms with Crippen molar-refractivity contribution in [1.29, 1.82) is 0 Å². The number of hydrogen-bond donors (Lipinski definition) is 0. The molecule has 1 nitrogen and oxygen atoms in total. The van der Waals surface area contributed by atoms with Gasteiger partial charge in [0.2, 0.25) is 0 Å². The van der Waals surface area contributed by atoms with Gasteiger partial charge in [-0.05, 0) is 13.3 Å². The molecule has 13 heavy (non-hydrogen) atoms. The Kier molecular flexibility index (Phi) is 2.07. The van der Waals surface area contributed by atoms with Gasteiger partial charge in [0.15, 0.2) is 5.78 Å². The summed E-state index contributed by atoms with van der Waals surface area (Å²) in [4.78, 5) is 11.7. The average Bonchev–Trinajstić information content (AvgIpc) is 2.32. The minimum atomic E-state index is 0.0221. The van der Waals surface area contributed by atoms with E-state index >= 15 is 0 Å². The van der Waals surface area contributed by atoms with E-state index in [2.05, 4.69) is 0 Å². The van der Waals surface area contributed by atoms with Crippen LogP contribution in [0.2, 0.25) is 0 Å². The van der Waals surface area contributed by atoms with Crippen LogP contribution in [0.1, 0.15) is 20.3 Å². The summed E-state index contributed by atoms with van der Waals surface area (Å²) in [5.74, 6) is 0.729. The Morgan fingerprint density at radius 1 is 1.54 bits per heavy atom. The molecule has 0 aromatic heterocycles. The Balaban J connectivity index is 2.38. The number of ketones is 1. The minimum Gasteiger partial charge on any atom is -0.294 e. The monoisotopic (exact) mass is 196 g/mol. The zero-order valence-corrected chi connectivity index (χ0v) is 8.64. The molecule has 0 radical (unpaired) electrons. The molecule has 3 atom stereocenters. The summed E-state index contributed by atoms with van der Waals surface area (Å²) in [5, 5.41) is 0.0221. The molecule has 0 N–H and O–H groups in total. The fourth-order valence-corrected chi connectivity index (χ4v) is 2.66. The SMILES string of the molecule is CC1=CC(Cl)C2CC(C)C(=O)C2=C1. The summed E-state index contributed by atoms with van der Waals surface area (Å²) < 4.78 is 0. The summed E-state index contributed by atoms with van der Waals surface area (Å²) >= 11 is 6.17. The molecule has 0 heterocycles. The molecule has 0 aliphatic heterocycles. The Labute approximate surface area is 83.5 Å². The number of alkyl halides is 1. The standard InChI is InChI=1S/C11H13ClO/c1-6-3-9-8(10(12)4-6)5-7(2)11(9)13/h3-4,7-8,10H,5H2,1-2H3. The van der Waals surface area contributed by atoms with Crippen LogP contribution in [0.15, 0.2) is 23.3 Å². The van der Waals surface area contributed by atoms with Gasteiger partial charge in [0.05, 0.1) is 5.38 Å². The molecule has 2 heteroatoms. The van der Waals surface area contributed by atoms with E-state index in [9.17, 15) is 4.79 Å². The first-order valence-electron chi connectivity index (χ1n) is 4.68. The Morgan fingerprint density at radius 3 is 2.92 bits per heavy atom. The molecule has 3 unspecified atom stereocenters. The lowest BCUT2D eigenvalue weighted by atomic mass is 9.91. The van der Waals surface area contributed by atoms with E-state index < -0.39 is 0 Å². The Morgan fingerprint density at radius 2 is 2.23 bits per heavy atom. The highest BCUT2D eigenvalue weighted by Crippen LogP contribution is 2.40. The molecule has 1 saturated carbocycles. The molecule has 0 aromatic rings. The van der Waals surface area contributed by atoms with Crippen LogP contribution in [-0.2, 0) is 4.79 Å². The van der Waals surface area contributed by atoms with Gasteiger partial charge in [0.25, 0.3) is 0 Å². The number of rotatable bonds is 0. The van der Waals surface area contributed by atoms with Crippen LogP contribution >= 0.6 is 11.6 Å². The van der Waals surface area contributed by atoms with Crippen molar-refractivity contribution in [3.63, 3.8) is 0 Å². The van der Waals surface area contributed by atoms with Gasteiger partial charge in [-0.3, -0.25) is 4.79 Å². The molecule has 0 amide bonds. The molecule has 70 valence electrons. The van der Waals surface area contributed by atoms with Crippen molar-refractivity contribution in [3.05, 3.63) is 23.3 Å². The van der Waals surface area contributed by atoms with Crippen molar-refractivity contribution in [2.75, 3.05) is 0 Å². The Bertz CT molecular complexity index is 314. The van der Waals surface area contributed by atoms with E-state index in [0.717, 1.165) is 17.6 Å². The van der Waals surface area contributed by atoms with E-state index in [1.165, 1.54) is 0 Å². The first-order chi connectivity index (χ1) is 6.09. The third-order valence-corrected chi connectivity index (χ3v) is 3.36. The second-order valence-electron chi connectivity index (χ2n) is 4.06. The van der Waals surface area contributed by atoms with Gasteiger partial charge in [0.1, 0.15) is 0 Å². The van der Waals surface area contributed by atoms with E-state index in [1.807, 2.05) is 26.0 Å². The van der Waals surface area contributed by atoms with Crippen molar-refractivity contribution >= 4 is 17.4 Å². The number of halogens is 1. The quantitative estimate of drug-likeness (QED) is 0.545. The molecule has 0 bridgehead atoms. The van der Waals surface area contributed by atoms with Gasteiger partial charge in [-0.1, -0.05) is 24.6 Å². The topological polar surface area (TPSA) is 17.1 Å². The van der Waals surface area contributed by atoms with Crippen LogP contribution in [0.3, 0.4) is 0 Å². The van der Waals surface area contributed by atoms with E-state index in [0.29, 0.717) is 5.78 Å². The highest BCUT2D eigenvalue weighted by molar-refractivity contribution is 6.23. The van der Waals surface area contributed by atoms with Crippen molar-refractivity contribution in [2.45, 2.75) is 25.6 Å². The number of carbonyl (C=O) groups is 1. The lowest BCUT2D eigenvalue weighted by Gasteiger charge is -2.19. The zero-order valence-electron chi connectivity index (χ0n) is 7.88. The van der Waals surface area contributed by atoms with Gasteiger partial charge in [-0.25, -0.2) is 0 Å². The summed E-state index contributed by atoms with van der Waals surface area (Å²) in [7, 11) is 0. The smallest absolute Gasteiger partial charge is 0.162 e. The van der Waals surface area contributed by atoms with E-state index in [4.69, 9.17) is 11.6 Å². The fourth-order valence-electron chi connectivity index (χ4n) is 2.22. The van der Waals surface area contributed by atoms with Crippen LogP contribution in [-0.4, -0.2) is 11.2 Å². The van der Waals surface area contributed by atoms with Crippen molar-refractivity contribution < 1.29 is 4.79 Å². The molecular weight excluding hydrogens is 184 g/mol. The fraction of sp³-hybridized carbons (Fsp3) is 0.545. The predicted octanol–water partition coefficient (Wildman–Crippen LogP) is 2.71. The maximum Gasteiger partial charge on any atom is 0.162 e. The zero-order chi connectivity index (χ0) is 9.59. The van der Waals surface area contributed by atoms with Crippen LogP contribution < -0.4 is 0 Å². The lowest BCUT2D eigenvalue weighted by molar-refractivity contribution is -0.117. The lowest BCUT2D eigenvalue weighted by Crippen LogP contribution is -2.16. The third kappa shape index (κ3) is 1.35. The van der Waals surface area contributed by atoms with Crippen molar-refractivity contribution in [2.24, 2.45) is 11.8 Å². The summed E-state index contributed by atoms with van der Waals surface area (Å²) in [6.07, 6.45) is 4.96. The van der Waals surface area contributed by atoms with Gasteiger partial charge >= 0.3 is 0 Å². The minimum absolute atomic E-state index is 0.0221. The highest BCUT2D eigenvalue weighted by Gasteiger charge is 2.39. The molecule has 1 fully saturated rings. The maximum atomic E-state index is 11.7. The highest BCUT2D eigenvalue weighted by atomic mass is 35.5. The van der Waals surface area contributed by atoms with Crippen molar-refractivity contribution in [3.8, 4) is 0 Å². The number of hydrogen-bond acceptors (Lipinski definition) is 1. The maximum absolute atomic E-state index is 11.7. The average molecular weight is 197 g/mol. The molecule has 0 spiro atoms. The number of fused-ring (bicyclic) bond motifs is 1. The molecular formula is C11H13ClO. The second-order valence-corrected chi connectivity index (χ2v) is 4.57.